The van der Waals surface area contributed by atoms with E-state index in [1.807, 2.05) is 0 Å². The molecule has 0 unspecified atom stereocenters. The predicted octanol–water partition coefficient (Wildman–Crippen LogP) is 9.17. The van der Waals surface area contributed by atoms with Crippen molar-refractivity contribution in [3.63, 3.8) is 0 Å². The van der Waals surface area contributed by atoms with Gasteiger partial charge in [0.15, 0.2) is 24.8 Å². The molecule has 2 aliphatic rings. The number of hydrogen-bond acceptors (Lipinski definition) is 0. The van der Waals surface area contributed by atoms with Crippen LogP contribution in [0.3, 0.4) is 0 Å². The van der Waals surface area contributed by atoms with Crippen molar-refractivity contribution < 1.29 is 9.13 Å². The second kappa shape index (κ2) is 12.3. The third kappa shape index (κ3) is 5.13. The molecule has 4 heteroatoms. The fourth-order valence-electron chi connectivity index (χ4n) is 6.17. The minimum Gasteiger partial charge on any atom is -0.167 e. The van der Waals surface area contributed by atoms with Crippen molar-refractivity contribution in [2.24, 2.45) is 0 Å². The lowest BCUT2D eigenvalue weighted by Crippen LogP contribution is -2.30. The number of halogens is 2. The number of benzene rings is 4. The predicted molar refractivity (Wildman–Crippen MR) is 179 cm³/mol. The highest BCUT2D eigenvalue weighted by atomic mass is 35.5. The highest BCUT2D eigenvalue weighted by molar-refractivity contribution is 5.85. The van der Waals surface area contributed by atoms with Crippen LogP contribution in [0.25, 0.3) is 44.8 Å². The summed E-state index contributed by atoms with van der Waals surface area (Å²) in [6, 6.07) is 39.9. The molecule has 0 saturated carbocycles. The number of hydrogen-bond donors (Lipinski definition) is 0. The summed E-state index contributed by atoms with van der Waals surface area (Å²) >= 11 is 0. The molecular weight excluding hydrogens is 555 g/mol. The number of fused-ring (bicyclic) bond motifs is 6. The van der Waals surface area contributed by atoms with E-state index in [0.717, 1.165) is 12.8 Å². The van der Waals surface area contributed by atoms with Gasteiger partial charge in [-0.05, 0) is 80.6 Å². The molecule has 0 radical (unpaired) electrons. The molecule has 6 aromatic rings. The summed E-state index contributed by atoms with van der Waals surface area (Å²) in [4.78, 5) is 0. The zero-order valence-corrected chi connectivity index (χ0v) is 23.5. The summed E-state index contributed by atoms with van der Waals surface area (Å²) in [6.07, 6.45) is 10.7. The number of rotatable bonds is 3. The van der Waals surface area contributed by atoms with Crippen molar-refractivity contribution in [2.45, 2.75) is 27.7 Å². The Kier molecular flexibility index (Phi) is 9.01. The molecule has 42 heavy (non-hydrogen) atoms. The fraction of sp³-hybridized carbons (Fsp3) is 0.105. The molecular formula is C38H36Cl2N2+2. The van der Waals surface area contributed by atoms with E-state index in [1.165, 1.54) is 67.0 Å². The van der Waals surface area contributed by atoms with Crippen LogP contribution in [-0.2, 0) is 12.8 Å². The van der Waals surface area contributed by atoms with Gasteiger partial charge >= 0.3 is 0 Å². The summed E-state index contributed by atoms with van der Waals surface area (Å²) in [5, 5.41) is 0. The Morgan fingerprint density at radius 1 is 0.381 bits per heavy atom. The van der Waals surface area contributed by atoms with E-state index in [1.54, 1.807) is 0 Å². The van der Waals surface area contributed by atoms with Crippen molar-refractivity contribution in [1.82, 2.24) is 0 Å². The topological polar surface area (TPSA) is 7.76 Å². The summed E-state index contributed by atoms with van der Waals surface area (Å²) in [5.41, 5.74) is 16.0. The first-order valence-corrected chi connectivity index (χ1v) is 13.3. The SMILES string of the molecule is C.C.Cl.Cl.c1ccc2c(c1)Cc1cc(-[n+]3ccc(-c4cc[n+](-c5ccc6c(c5)Cc5ccccc5-6)cc4)cc3)ccc1-2. The lowest BCUT2D eigenvalue weighted by molar-refractivity contribution is -0.596. The van der Waals surface area contributed by atoms with Crippen LogP contribution in [0.15, 0.2) is 134 Å². The van der Waals surface area contributed by atoms with Gasteiger partial charge in [-0.25, -0.2) is 0 Å². The van der Waals surface area contributed by atoms with Crippen LogP contribution in [-0.4, -0.2) is 0 Å². The maximum absolute atomic E-state index is 2.33. The van der Waals surface area contributed by atoms with Crippen LogP contribution in [0.5, 0.6) is 0 Å². The molecule has 4 aromatic carbocycles. The van der Waals surface area contributed by atoms with Gasteiger partial charge in [0.25, 0.3) is 0 Å². The Hall–Kier alpha value is -4.24. The molecule has 0 aliphatic heterocycles. The van der Waals surface area contributed by atoms with E-state index in [-0.39, 0.29) is 39.7 Å². The Labute approximate surface area is 261 Å². The van der Waals surface area contributed by atoms with E-state index < -0.39 is 0 Å². The molecule has 0 atom stereocenters. The van der Waals surface area contributed by atoms with Gasteiger partial charge in [-0.1, -0.05) is 63.4 Å². The normalized spacial score (nSPS) is 11.3. The smallest absolute Gasteiger partial charge is 0.167 e. The molecule has 0 bridgehead atoms. The maximum atomic E-state index is 2.33. The zero-order valence-electron chi connectivity index (χ0n) is 21.8. The first-order chi connectivity index (χ1) is 18.8. The Morgan fingerprint density at radius 3 is 1.14 bits per heavy atom. The largest absolute Gasteiger partial charge is 0.210 e. The molecule has 0 saturated heterocycles. The van der Waals surface area contributed by atoms with Gasteiger partial charge in [0.1, 0.15) is 0 Å². The Morgan fingerprint density at radius 2 is 0.738 bits per heavy atom. The second-order valence-corrected chi connectivity index (χ2v) is 10.3. The molecule has 0 amide bonds. The molecule has 2 aliphatic carbocycles. The van der Waals surface area contributed by atoms with E-state index in [4.69, 9.17) is 0 Å². The van der Waals surface area contributed by atoms with Crippen LogP contribution in [0.1, 0.15) is 37.1 Å². The minimum atomic E-state index is 0. The van der Waals surface area contributed by atoms with E-state index in [2.05, 4.69) is 143 Å². The highest BCUT2D eigenvalue weighted by Crippen LogP contribution is 2.38. The standard InChI is InChI=1S/C36H26N2.2CH4.2ClH/c1-3-7-33-27(5-1)21-29-23-31(9-11-35(29)33)37-17-13-25(14-18-37)26-15-19-38(20-16-26)32-10-12-36-30(24-32)22-28-6-2-4-8-34(28)36;;;;/h1-20,23-24H,21-22H2;2*1H4;2*1H/q+2;;;;. The second-order valence-electron chi connectivity index (χ2n) is 10.3. The van der Waals surface area contributed by atoms with Gasteiger partial charge in [-0.2, -0.15) is 9.13 Å². The summed E-state index contributed by atoms with van der Waals surface area (Å²) in [5.74, 6) is 0. The first kappa shape index (κ1) is 30.7. The van der Waals surface area contributed by atoms with Crippen molar-refractivity contribution in [2.75, 3.05) is 0 Å². The lowest BCUT2D eigenvalue weighted by Gasteiger charge is -2.04. The first-order valence-electron chi connectivity index (χ1n) is 13.3. The van der Waals surface area contributed by atoms with Gasteiger partial charge in [0.2, 0.25) is 11.4 Å². The van der Waals surface area contributed by atoms with Gasteiger partial charge in [-0.3, -0.25) is 0 Å². The molecule has 2 nitrogen and oxygen atoms in total. The van der Waals surface area contributed by atoms with Crippen LogP contribution in [0.2, 0.25) is 0 Å². The minimum absolute atomic E-state index is 0. The van der Waals surface area contributed by atoms with Crippen molar-refractivity contribution >= 4 is 24.8 Å². The van der Waals surface area contributed by atoms with Gasteiger partial charge < -0.3 is 0 Å². The third-order valence-electron chi connectivity index (χ3n) is 8.14. The number of nitrogens with zero attached hydrogens (tertiary/aromatic N) is 2. The van der Waals surface area contributed by atoms with Crippen LogP contribution < -0.4 is 9.13 Å². The van der Waals surface area contributed by atoms with E-state index in [9.17, 15) is 0 Å². The molecule has 2 aromatic heterocycles. The van der Waals surface area contributed by atoms with Crippen LogP contribution in [0, 0.1) is 0 Å². The molecule has 0 fully saturated rings. The quantitative estimate of drug-likeness (QED) is 0.181. The Balaban J connectivity index is 0.00000101. The van der Waals surface area contributed by atoms with Crippen molar-refractivity contribution in [3.05, 3.63) is 156 Å². The average Bonchev–Trinajstić information content (AvgIpc) is 3.54. The monoisotopic (exact) mass is 590 g/mol. The summed E-state index contributed by atoms with van der Waals surface area (Å²) in [6.45, 7) is 0. The van der Waals surface area contributed by atoms with Crippen LogP contribution >= 0.6 is 24.8 Å². The van der Waals surface area contributed by atoms with E-state index >= 15 is 0 Å². The molecule has 8 rings (SSSR count). The van der Waals surface area contributed by atoms with Crippen molar-refractivity contribution in [1.29, 1.82) is 0 Å². The fourth-order valence-corrected chi connectivity index (χ4v) is 6.17. The Bertz CT molecular complexity index is 1720. The lowest BCUT2D eigenvalue weighted by atomic mass is 10.1. The van der Waals surface area contributed by atoms with Crippen LogP contribution in [0.4, 0.5) is 0 Å². The van der Waals surface area contributed by atoms with Gasteiger partial charge in [0, 0.05) is 48.5 Å². The molecule has 2 heterocycles. The number of aromatic nitrogens is 2. The molecule has 0 N–H and O–H groups in total. The van der Waals surface area contributed by atoms with Crippen molar-refractivity contribution in [3.8, 4) is 44.8 Å². The van der Waals surface area contributed by atoms with Gasteiger partial charge in [-0.15, -0.1) is 24.8 Å². The number of pyridine rings is 2. The summed E-state index contributed by atoms with van der Waals surface area (Å²) < 4.78 is 4.41. The third-order valence-corrected chi connectivity index (χ3v) is 8.14. The summed E-state index contributed by atoms with van der Waals surface area (Å²) in [7, 11) is 0. The highest BCUT2D eigenvalue weighted by Gasteiger charge is 2.21. The average molecular weight is 592 g/mol. The molecule has 0 spiro atoms. The maximum Gasteiger partial charge on any atom is 0.210 e. The molecule has 210 valence electrons. The van der Waals surface area contributed by atoms with E-state index in [0.29, 0.717) is 0 Å². The zero-order chi connectivity index (χ0) is 25.1. The van der Waals surface area contributed by atoms with Gasteiger partial charge in [0.05, 0.1) is 0 Å².